The van der Waals surface area contributed by atoms with Crippen molar-refractivity contribution < 1.29 is 22.7 Å². The standard InChI is InChI=1S/C13H17NO5S/c1-14(12(15)8-9-20(3,17)18)11-7-5-4-6-10(11)13(16)19-2/h4-7H,8-9H2,1-3H3. The highest BCUT2D eigenvalue weighted by Gasteiger charge is 2.19. The van der Waals surface area contributed by atoms with Gasteiger partial charge in [0, 0.05) is 19.7 Å². The molecule has 0 heterocycles. The third kappa shape index (κ3) is 4.34. The molecule has 1 rings (SSSR count). The summed E-state index contributed by atoms with van der Waals surface area (Å²) in [5.74, 6) is -1.16. The number of sulfone groups is 1. The van der Waals surface area contributed by atoms with Crippen LogP contribution in [0, 0.1) is 0 Å². The van der Waals surface area contributed by atoms with Gasteiger partial charge in [-0.3, -0.25) is 4.79 Å². The molecule has 1 aromatic rings. The molecule has 0 radical (unpaired) electrons. The van der Waals surface area contributed by atoms with Gasteiger partial charge in [-0.1, -0.05) is 12.1 Å². The number of esters is 1. The Hall–Kier alpha value is -1.89. The predicted molar refractivity (Wildman–Crippen MR) is 75.5 cm³/mol. The van der Waals surface area contributed by atoms with E-state index >= 15 is 0 Å². The molecule has 1 amide bonds. The number of hydrogen-bond donors (Lipinski definition) is 0. The number of ether oxygens (including phenoxy) is 1. The number of para-hydroxylation sites is 1. The molecule has 0 N–H and O–H groups in total. The summed E-state index contributed by atoms with van der Waals surface area (Å²) in [6.07, 6.45) is 0.938. The number of rotatable bonds is 5. The molecule has 0 aliphatic rings. The van der Waals surface area contributed by atoms with E-state index in [-0.39, 0.29) is 23.6 Å². The van der Waals surface area contributed by atoms with Gasteiger partial charge in [0.2, 0.25) is 5.91 Å². The van der Waals surface area contributed by atoms with E-state index in [2.05, 4.69) is 4.74 Å². The molecule has 0 aromatic heterocycles. The Labute approximate surface area is 118 Å². The van der Waals surface area contributed by atoms with Crippen molar-refractivity contribution in [2.24, 2.45) is 0 Å². The average molecular weight is 299 g/mol. The molecule has 7 heteroatoms. The SMILES string of the molecule is COC(=O)c1ccccc1N(C)C(=O)CCS(C)(=O)=O. The van der Waals surface area contributed by atoms with Crippen molar-refractivity contribution in [3.63, 3.8) is 0 Å². The van der Waals surface area contributed by atoms with Crippen LogP contribution in [0.1, 0.15) is 16.8 Å². The van der Waals surface area contributed by atoms with E-state index in [1.807, 2.05) is 0 Å². The molecule has 0 unspecified atom stereocenters. The highest BCUT2D eigenvalue weighted by atomic mass is 32.2. The quantitative estimate of drug-likeness (QED) is 0.754. The van der Waals surface area contributed by atoms with Gasteiger partial charge in [0.05, 0.1) is 24.1 Å². The first-order valence-electron chi connectivity index (χ1n) is 5.88. The largest absolute Gasteiger partial charge is 0.465 e. The molecule has 20 heavy (non-hydrogen) atoms. The molecule has 6 nitrogen and oxygen atoms in total. The van der Waals surface area contributed by atoms with Crippen LogP contribution >= 0.6 is 0 Å². The van der Waals surface area contributed by atoms with Crippen LogP contribution in [0.2, 0.25) is 0 Å². The second-order valence-electron chi connectivity index (χ2n) is 4.34. The molecule has 0 bridgehead atoms. The van der Waals surface area contributed by atoms with Gasteiger partial charge >= 0.3 is 5.97 Å². The lowest BCUT2D eigenvalue weighted by molar-refractivity contribution is -0.117. The third-order valence-corrected chi connectivity index (χ3v) is 3.68. The molecular weight excluding hydrogens is 282 g/mol. The summed E-state index contributed by atoms with van der Waals surface area (Å²) in [5, 5.41) is 0. The summed E-state index contributed by atoms with van der Waals surface area (Å²) < 4.78 is 26.8. The lowest BCUT2D eigenvalue weighted by Crippen LogP contribution is -2.29. The second kappa shape index (κ2) is 6.51. The summed E-state index contributed by atoms with van der Waals surface area (Å²) in [7, 11) is -0.458. The molecule has 110 valence electrons. The molecule has 0 atom stereocenters. The molecular formula is C13H17NO5S. The number of nitrogens with zero attached hydrogens (tertiary/aromatic N) is 1. The van der Waals surface area contributed by atoms with E-state index in [9.17, 15) is 18.0 Å². The van der Waals surface area contributed by atoms with E-state index in [1.165, 1.54) is 19.1 Å². The van der Waals surface area contributed by atoms with Crippen LogP contribution in [-0.4, -0.2) is 46.5 Å². The van der Waals surface area contributed by atoms with Crippen LogP contribution in [0.25, 0.3) is 0 Å². The number of anilines is 1. The minimum atomic E-state index is -3.21. The fourth-order valence-electron chi connectivity index (χ4n) is 1.62. The van der Waals surface area contributed by atoms with E-state index in [1.54, 1.807) is 24.3 Å². The number of benzene rings is 1. The van der Waals surface area contributed by atoms with Crippen molar-refractivity contribution in [1.82, 2.24) is 0 Å². The lowest BCUT2D eigenvalue weighted by atomic mass is 10.1. The van der Waals surface area contributed by atoms with E-state index in [0.717, 1.165) is 6.26 Å². The smallest absolute Gasteiger partial charge is 0.339 e. The van der Waals surface area contributed by atoms with Crippen LogP contribution in [-0.2, 0) is 19.4 Å². The maximum absolute atomic E-state index is 12.0. The first-order valence-corrected chi connectivity index (χ1v) is 7.94. The fraction of sp³-hybridized carbons (Fsp3) is 0.385. The molecule has 0 fully saturated rings. The molecule has 0 spiro atoms. The van der Waals surface area contributed by atoms with Crippen molar-refractivity contribution in [3.8, 4) is 0 Å². The van der Waals surface area contributed by atoms with Gasteiger partial charge in [0.1, 0.15) is 9.84 Å². The van der Waals surface area contributed by atoms with E-state index < -0.39 is 15.8 Å². The van der Waals surface area contributed by atoms with Gasteiger partial charge in [-0.05, 0) is 12.1 Å². The Morgan fingerprint density at radius 2 is 1.85 bits per heavy atom. The van der Waals surface area contributed by atoms with E-state index in [0.29, 0.717) is 5.69 Å². The minimum Gasteiger partial charge on any atom is -0.465 e. The Kier molecular flexibility index (Phi) is 5.26. The van der Waals surface area contributed by atoms with Crippen LogP contribution in [0.15, 0.2) is 24.3 Å². The fourth-order valence-corrected chi connectivity index (χ4v) is 2.17. The molecule has 0 saturated heterocycles. The van der Waals surface area contributed by atoms with Crippen molar-refractivity contribution >= 4 is 27.4 Å². The number of hydrogen-bond acceptors (Lipinski definition) is 5. The molecule has 0 aliphatic carbocycles. The lowest BCUT2D eigenvalue weighted by Gasteiger charge is -2.19. The van der Waals surface area contributed by atoms with Crippen molar-refractivity contribution in [2.75, 3.05) is 31.1 Å². The Balaban J connectivity index is 2.94. The summed E-state index contributed by atoms with van der Waals surface area (Å²) in [4.78, 5) is 24.8. The summed E-state index contributed by atoms with van der Waals surface area (Å²) in [6, 6.07) is 6.48. The van der Waals surface area contributed by atoms with Crippen LogP contribution in [0.3, 0.4) is 0 Å². The number of amides is 1. The van der Waals surface area contributed by atoms with Crippen LogP contribution in [0.4, 0.5) is 5.69 Å². The van der Waals surface area contributed by atoms with Gasteiger partial charge in [-0.2, -0.15) is 0 Å². The van der Waals surface area contributed by atoms with E-state index in [4.69, 9.17) is 0 Å². The predicted octanol–water partition coefficient (Wildman–Crippen LogP) is 0.871. The van der Waals surface area contributed by atoms with Crippen molar-refractivity contribution in [3.05, 3.63) is 29.8 Å². The maximum atomic E-state index is 12.0. The Morgan fingerprint density at radius 3 is 2.40 bits per heavy atom. The zero-order valence-corrected chi connectivity index (χ0v) is 12.4. The highest BCUT2D eigenvalue weighted by Crippen LogP contribution is 2.20. The first-order chi connectivity index (χ1) is 9.26. The third-order valence-electron chi connectivity index (χ3n) is 2.73. The zero-order valence-electron chi connectivity index (χ0n) is 11.6. The number of carbonyl (C=O) groups excluding carboxylic acids is 2. The number of carbonyl (C=O) groups is 2. The van der Waals surface area contributed by atoms with Gasteiger partial charge in [0.15, 0.2) is 0 Å². The summed E-state index contributed by atoms with van der Waals surface area (Å²) in [6.45, 7) is 0. The average Bonchev–Trinajstić information content (AvgIpc) is 2.42. The zero-order chi connectivity index (χ0) is 15.3. The Morgan fingerprint density at radius 1 is 1.25 bits per heavy atom. The second-order valence-corrected chi connectivity index (χ2v) is 6.60. The highest BCUT2D eigenvalue weighted by molar-refractivity contribution is 7.90. The minimum absolute atomic E-state index is 0.134. The van der Waals surface area contributed by atoms with Crippen LogP contribution in [0.5, 0.6) is 0 Å². The van der Waals surface area contributed by atoms with Crippen molar-refractivity contribution in [1.29, 1.82) is 0 Å². The molecule has 1 aromatic carbocycles. The van der Waals surface area contributed by atoms with Gasteiger partial charge in [0.25, 0.3) is 0 Å². The molecule has 0 aliphatic heterocycles. The normalized spacial score (nSPS) is 10.9. The van der Waals surface area contributed by atoms with Crippen molar-refractivity contribution in [2.45, 2.75) is 6.42 Å². The topological polar surface area (TPSA) is 80.8 Å². The first kappa shape index (κ1) is 16.2. The summed E-state index contributed by atoms with van der Waals surface area (Å²) in [5.41, 5.74) is 0.642. The van der Waals surface area contributed by atoms with Gasteiger partial charge in [-0.15, -0.1) is 0 Å². The van der Waals surface area contributed by atoms with Gasteiger partial charge < -0.3 is 9.64 Å². The Bertz CT molecular complexity index is 609. The number of methoxy groups -OCH3 is 1. The summed E-state index contributed by atoms with van der Waals surface area (Å²) >= 11 is 0. The van der Waals surface area contributed by atoms with Crippen LogP contribution < -0.4 is 4.90 Å². The van der Waals surface area contributed by atoms with Gasteiger partial charge in [-0.25, -0.2) is 13.2 Å². The maximum Gasteiger partial charge on any atom is 0.339 e. The molecule has 0 saturated carbocycles. The monoisotopic (exact) mass is 299 g/mol.